The van der Waals surface area contributed by atoms with E-state index >= 15 is 0 Å². The van der Waals surface area contributed by atoms with Crippen molar-refractivity contribution in [3.63, 3.8) is 0 Å². The number of ketones is 1. The van der Waals surface area contributed by atoms with Gasteiger partial charge in [-0.05, 0) is 49.6 Å². The zero-order chi connectivity index (χ0) is 21.0. The topological polar surface area (TPSA) is 105 Å². The number of hydrogen-bond acceptors (Lipinski definition) is 6. The predicted octanol–water partition coefficient (Wildman–Crippen LogP) is 2.69. The van der Waals surface area contributed by atoms with Crippen molar-refractivity contribution in [1.82, 2.24) is 4.72 Å². The van der Waals surface area contributed by atoms with Gasteiger partial charge in [0.25, 0.3) is 10.0 Å². The first kappa shape index (κ1) is 21.1. The van der Waals surface area contributed by atoms with Crippen molar-refractivity contribution >= 4 is 45.0 Å². The summed E-state index contributed by atoms with van der Waals surface area (Å²) in [7, 11) is -3.68. The fraction of sp³-hybridized carbons (Fsp3) is 0.250. The van der Waals surface area contributed by atoms with E-state index in [-0.39, 0.29) is 22.4 Å². The number of carbonyl (C=O) groups excluding carboxylic acids is 2. The fourth-order valence-electron chi connectivity index (χ4n) is 2.91. The maximum absolute atomic E-state index is 12.9. The van der Waals surface area contributed by atoms with E-state index < -0.39 is 16.1 Å². The highest BCUT2D eigenvalue weighted by Gasteiger charge is 2.31. The molecule has 0 bridgehead atoms. The summed E-state index contributed by atoms with van der Waals surface area (Å²) in [5, 5.41) is 2.78. The molecular formula is C20H21N3O4S2. The quantitative estimate of drug-likeness (QED) is 0.656. The zero-order valence-electron chi connectivity index (χ0n) is 16.0. The van der Waals surface area contributed by atoms with E-state index in [2.05, 4.69) is 15.0 Å². The molecule has 2 aromatic carbocycles. The molecule has 9 heteroatoms. The number of sulfonamides is 1. The van der Waals surface area contributed by atoms with Gasteiger partial charge in [-0.15, -0.1) is 0 Å². The lowest BCUT2D eigenvalue weighted by Gasteiger charge is -2.14. The Morgan fingerprint density at radius 3 is 2.66 bits per heavy atom. The number of benzene rings is 2. The highest BCUT2D eigenvalue weighted by atomic mass is 32.2. The molecular weight excluding hydrogens is 410 g/mol. The van der Waals surface area contributed by atoms with Crippen LogP contribution in [0, 0.1) is 0 Å². The molecule has 0 aromatic heterocycles. The summed E-state index contributed by atoms with van der Waals surface area (Å²) >= 11 is 1.57. The number of amides is 1. The molecule has 152 valence electrons. The van der Waals surface area contributed by atoms with E-state index in [4.69, 9.17) is 0 Å². The molecule has 1 aliphatic heterocycles. The van der Waals surface area contributed by atoms with Gasteiger partial charge in [-0.2, -0.15) is 11.8 Å². The molecule has 1 heterocycles. The Bertz CT molecular complexity index is 1080. The van der Waals surface area contributed by atoms with Crippen LogP contribution in [0.4, 0.5) is 5.69 Å². The minimum Gasteiger partial charge on any atom is -0.324 e. The number of fused-ring (bicyclic) bond motifs is 1. The molecule has 7 nitrogen and oxygen atoms in total. The van der Waals surface area contributed by atoms with E-state index in [1.165, 1.54) is 13.0 Å². The summed E-state index contributed by atoms with van der Waals surface area (Å²) in [5.41, 5.74) is 1.43. The number of nitrogens with one attached hydrogen (secondary N) is 2. The number of thioether (sulfide) groups is 1. The number of rotatable bonds is 7. The standard InChI is InChI=1S/C20H21N3O4S2/c1-13(24)14-6-5-7-15(12-14)21-20(25)17(10-11-28-2)22-19-16-8-3-4-9-18(16)29(26,27)23-19/h3-9,12,17H,10-11H2,1-2H3,(H,21,25)(H,22,23)/t17-/m1/s1. The largest absolute Gasteiger partial charge is 0.324 e. The van der Waals surface area contributed by atoms with Crippen LogP contribution in [-0.4, -0.2) is 44.0 Å². The second kappa shape index (κ2) is 8.79. The first-order valence-electron chi connectivity index (χ1n) is 8.92. The molecule has 1 amide bonds. The van der Waals surface area contributed by atoms with Crippen LogP contribution < -0.4 is 10.0 Å². The molecule has 3 rings (SSSR count). The van der Waals surface area contributed by atoms with Crippen LogP contribution in [0.1, 0.15) is 29.3 Å². The van der Waals surface area contributed by atoms with Crippen molar-refractivity contribution in [2.75, 3.05) is 17.3 Å². The van der Waals surface area contributed by atoms with E-state index in [0.717, 1.165) is 0 Å². The molecule has 0 spiro atoms. The Balaban J connectivity index is 1.89. The van der Waals surface area contributed by atoms with Gasteiger partial charge < -0.3 is 5.32 Å². The number of carbonyl (C=O) groups is 2. The summed E-state index contributed by atoms with van der Waals surface area (Å²) in [6, 6.07) is 12.4. The zero-order valence-corrected chi connectivity index (χ0v) is 17.6. The number of nitrogens with zero attached hydrogens (tertiary/aromatic N) is 1. The third-order valence-corrected chi connectivity index (χ3v) is 6.42. The van der Waals surface area contributed by atoms with Crippen LogP contribution in [0.2, 0.25) is 0 Å². The van der Waals surface area contributed by atoms with Crippen LogP contribution >= 0.6 is 11.8 Å². The van der Waals surface area contributed by atoms with Gasteiger partial charge in [-0.3, -0.25) is 19.3 Å². The number of amidine groups is 1. The van der Waals surface area contributed by atoms with Crippen LogP contribution in [0.5, 0.6) is 0 Å². The third-order valence-electron chi connectivity index (χ3n) is 4.38. The Hall–Kier alpha value is -2.65. The molecule has 0 saturated carbocycles. The summed E-state index contributed by atoms with van der Waals surface area (Å²) in [6.07, 6.45) is 2.36. The maximum Gasteiger partial charge on any atom is 0.263 e. The number of anilines is 1. The van der Waals surface area contributed by atoms with E-state index in [0.29, 0.717) is 29.0 Å². The summed E-state index contributed by atoms with van der Waals surface area (Å²) in [5.74, 6) is 0.379. The molecule has 0 aliphatic carbocycles. The lowest BCUT2D eigenvalue weighted by Crippen LogP contribution is -2.31. The lowest BCUT2D eigenvalue weighted by molar-refractivity contribution is -0.117. The number of aliphatic imine (C=N–C) groups is 1. The first-order valence-corrected chi connectivity index (χ1v) is 11.8. The van der Waals surface area contributed by atoms with Crippen LogP contribution in [0.15, 0.2) is 58.4 Å². The van der Waals surface area contributed by atoms with Gasteiger partial charge in [-0.25, -0.2) is 8.42 Å². The van der Waals surface area contributed by atoms with Gasteiger partial charge in [-0.1, -0.05) is 24.3 Å². The van der Waals surface area contributed by atoms with Crippen molar-refractivity contribution in [2.45, 2.75) is 24.3 Å². The van der Waals surface area contributed by atoms with Crippen molar-refractivity contribution < 1.29 is 18.0 Å². The molecule has 2 aromatic rings. The molecule has 0 saturated heterocycles. The maximum atomic E-state index is 12.9. The van der Waals surface area contributed by atoms with Crippen LogP contribution in [0.25, 0.3) is 0 Å². The molecule has 0 unspecified atom stereocenters. The molecule has 1 atom stereocenters. The van der Waals surface area contributed by atoms with Gasteiger partial charge in [0, 0.05) is 16.8 Å². The summed E-state index contributed by atoms with van der Waals surface area (Å²) in [6.45, 7) is 1.46. The monoisotopic (exact) mass is 431 g/mol. The Kier molecular flexibility index (Phi) is 6.39. The Labute approximate surface area is 174 Å². The van der Waals surface area contributed by atoms with Crippen LogP contribution in [-0.2, 0) is 14.8 Å². The first-order chi connectivity index (χ1) is 13.8. The highest BCUT2D eigenvalue weighted by Crippen LogP contribution is 2.23. The smallest absolute Gasteiger partial charge is 0.263 e. The fourth-order valence-corrected chi connectivity index (χ4v) is 4.61. The summed E-state index contributed by atoms with van der Waals surface area (Å²) < 4.78 is 27.0. The Morgan fingerprint density at radius 2 is 1.93 bits per heavy atom. The van der Waals surface area contributed by atoms with Crippen molar-refractivity contribution in [3.8, 4) is 0 Å². The van der Waals surface area contributed by atoms with E-state index in [1.807, 2.05) is 6.26 Å². The van der Waals surface area contributed by atoms with Gasteiger partial charge in [0.15, 0.2) is 5.78 Å². The molecule has 1 aliphatic rings. The normalized spacial score (nSPS) is 16.7. The molecule has 0 radical (unpaired) electrons. The highest BCUT2D eigenvalue weighted by molar-refractivity contribution is 7.98. The number of Topliss-reactive ketones (excluding diaryl/α,β-unsaturated/α-hetero) is 1. The lowest BCUT2D eigenvalue weighted by atomic mass is 10.1. The molecule has 0 fully saturated rings. The molecule has 2 N–H and O–H groups in total. The van der Waals surface area contributed by atoms with E-state index in [1.54, 1.807) is 54.2 Å². The third kappa shape index (κ3) is 4.86. The van der Waals surface area contributed by atoms with Crippen molar-refractivity contribution in [2.24, 2.45) is 4.99 Å². The summed E-state index contributed by atoms with van der Waals surface area (Å²) in [4.78, 5) is 29.0. The average molecular weight is 432 g/mol. The van der Waals surface area contributed by atoms with E-state index in [9.17, 15) is 18.0 Å². The SMILES string of the molecule is CSCC[C@@H](N=C1NS(=O)(=O)c2ccccc21)C(=O)Nc1cccc(C(C)=O)c1. The molecule has 29 heavy (non-hydrogen) atoms. The van der Waals surface area contributed by atoms with Gasteiger partial charge in [0.2, 0.25) is 5.91 Å². The van der Waals surface area contributed by atoms with Gasteiger partial charge >= 0.3 is 0 Å². The second-order valence-corrected chi connectivity index (χ2v) is 9.14. The minimum absolute atomic E-state index is 0.0998. The second-order valence-electron chi connectivity index (χ2n) is 6.50. The van der Waals surface area contributed by atoms with Crippen LogP contribution in [0.3, 0.4) is 0 Å². The van der Waals surface area contributed by atoms with Crippen molar-refractivity contribution in [3.05, 3.63) is 59.7 Å². The predicted molar refractivity (Wildman–Crippen MR) is 115 cm³/mol. The Morgan fingerprint density at radius 1 is 1.17 bits per heavy atom. The number of hydrogen-bond donors (Lipinski definition) is 2. The van der Waals surface area contributed by atoms with Crippen molar-refractivity contribution in [1.29, 1.82) is 0 Å². The van der Waals surface area contributed by atoms with Gasteiger partial charge in [0.1, 0.15) is 11.9 Å². The van der Waals surface area contributed by atoms with Gasteiger partial charge in [0.05, 0.1) is 4.90 Å². The average Bonchev–Trinajstić information content (AvgIpc) is 2.95. The minimum atomic E-state index is -3.68.